The van der Waals surface area contributed by atoms with Crippen LogP contribution in [0, 0.1) is 15.9 Å². The molecule has 0 saturated heterocycles. The quantitative estimate of drug-likeness (QED) is 0.158. The molecule has 1 aliphatic heterocycles. The first-order chi connectivity index (χ1) is 20.6. The van der Waals surface area contributed by atoms with Gasteiger partial charge in [-0.15, -0.1) is 6.42 Å². The highest BCUT2D eigenvalue weighted by atomic mass is 127. The van der Waals surface area contributed by atoms with Gasteiger partial charge in [-0.3, -0.25) is 19.7 Å². The van der Waals surface area contributed by atoms with Crippen molar-refractivity contribution in [1.82, 2.24) is 14.9 Å². The lowest BCUT2D eigenvalue weighted by molar-refractivity contribution is -0.129. The van der Waals surface area contributed by atoms with Crippen LogP contribution in [-0.4, -0.2) is 47.0 Å². The van der Waals surface area contributed by atoms with Crippen LogP contribution in [0.15, 0.2) is 103 Å². The van der Waals surface area contributed by atoms with E-state index in [4.69, 9.17) is 12.2 Å². The molecule has 1 atom stereocenters. The fraction of sp³-hybridized carbons (Fsp3) is 0.133. The van der Waals surface area contributed by atoms with E-state index >= 15 is 0 Å². The van der Waals surface area contributed by atoms with Gasteiger partial charge in [-0.1, -0.05) is 24.1 Å². The van der Waals surface area contributed by atoms with Crippen molar-refractivity contribution in [2.45, 2.75) is 18.8 Å². The molecule has 222 valence electrons. The summed E-state index contributed by atoms with van der Waals surface area (Å²) in [7, 11) is 1.52. The number of pyridine rings is 2. The minimum absolute atomic E-state index is 0.00848. The van der Waals surface area contributed by atoms with Gasteiger partial charge in [-0.05, 0) is 82.8 Å². The van der Waals surface area contributed by atoms with E-state index in [0.29, 0.717) is 16.7 Å². The highest BCUT2D eigenvalue weighted by Gasteiger charge is 2.49. The Hall–Kier alpha value is -4.71. The van der Waals surface area contributed by atoms with E-state index in [-0.39, 0.29) is 23.4 Å². The van der Waals surface area contributed by atoms with Crippen molar-refractivity contribution < 1.29 is 31.8 Å². The summed E-state index contributed by atoms with van der Waals surface area (Å²) in [5.74, 6) is 2.19. The number of guanidine groups is 1. The molecular formula is C30H24F4IN5O3. The Morgan fingerprint density at radius 1 is 0.860 bits per heavy atom. The standard InChI is InChI=1S/C16H14F2N4O2.C9H6F2O.C5H4IN/c1-22-13(23)16(21-15(22)19,11-3-2-8-20-9-11)10-4-6-12(7-5-10)24-14(17)18;1-2-7-3-5-8(6-4-7)12-9(10)11;6-5-1-3-7-4-2-5/h2-9,14H,1H3,(H2,19,21);1,3-6,9H;1-4H. The van der Waals surface area contributed by atoms with Gasteiger partial charge in [0, 0.05) is 46.5 Å². The van der Waals surface area contributed by atoms with E-state index < -0.39 is 18.8 Å². The molecule has 4 aromatic rings. The molecule has 3 heterocycles. The number of terminal acetylenes is 1. The summed E-state index contributed by atoms with van der Waals surface area (Å²) in [4.78, 5) is 26.3. The average molecular weight is 705 g/mol. The smallest absolute Gasteiger partial charge is 0.387 e. The number of hydrogen-bond donors (Lipinski definition) is 1. The third-order valence-corrected chi connectivity index (χ3v) is 6.42. The van der Waals surface area contributed by atoms with Gasteiger partial charge in [0.25, 0.3) is 5.91 Å². The van der Waals surface area contributed by atoms with Crippen LogP contribution in [0.2, 0.25) is 0 Å². The second kappa shape index (κ2) is 15.5. The van der Waals surface area contributed by atoms with Gasteiger partial charge in [0.15, 0.2) is 11.5 Å². The summed E-state index contributed by atoms with van der Waals surface area (Å²) in [5.41, 5.74) is 6.08. The Kier molecular flexibility index (Phi) is 11.8. The van der Waals surface area contributed by atoms with Crippen LogP contribution in [0.5, 0.6) is 11.5 Å². The zero-order valence-electron chi connectivity index (χ0n) is 22.5. The lowest BCUT2D eigenvalue weighted by Gasteiger charge is -2.25. The molecule has 2 N–H and O–H groups in total. The van der Waals surface area contributed by atoms with Gasteiger partial charge in [-0.2, -0.15) is 17.6 Å². The van der Waals surface area contributed by atoms with Crippen LogP contribution in [0.4, 0.5) is 17.6 Å². The van der Waals surface area contributed by atoms with Crippen LogP contribution in [0.1, 0.15) is 16.7 Å². The SMILES string of the molecule is C#Cc1ccc(OC(F)F)cc1.CN1C(=O)C(c2ccc(OC(F)F)cc2)(c2cccnc2)N=C1N.Ic1ccncc1. The largest absolute Gasteiger partial charge is 0.435 e. The van der Waals surface area contributed by atoms with Crippen molar-refractivity contribution in [3.05, 3.63) is 118 Å². The third-order valence-electron chi connectivity index (χ3n) is 5.70. The molecule has 2 aromatic heterocycles. The van der Waals surface area contributed by atoms with Crippen LogP contribution in [0.25, 0.3) is 0 Å². The minimum atomic E-state index is -2.92. The van der Waals surface area contributed by atoms with Crippen molar-refractivity contribution in [3.8, 4) is 23.8 Å². The first kappa shape index (κ1) is 32.8. The second-order valence-electron chi connectivity index (χ2n) is 8.40. The number of aromatic nitrogens is 2. The molecule has 0 saturated carbocycles. The summed E-state index contributed by atoms with van der Waals surface area (Å²) >= 11 is 2.24. The van der Waals surface area contributed by atoms with Gasteiger partial charge < -0.3 is 15.2 Å². The van der Waals surface area contributed by atoms with E-state index in [0.717, 1.165) is 0 Å². The third kappa shape index (κ3) is 8.89. The number of carbonyl (C=O) groups is 1. The van der Waals surface area contributed by atoms with Crippen LogP contribution >= 0.6 is 22.6 Å². The van der Waals surface area contributed by atoms with E-state index in [1.165, 1.54) is 70.2 Å². The number of alkyl halides is 4. The maximum Gasteiger partial charge on any atom is 0.387 e. The molecule has 0 aliphatic carbocycles. The predicted octanol–water partition coefficient (Wildman–Crippen LogP) is 5.67. The summed E-state index contributed by atoms with van der Waals surface area (Å²) < 4.78 is 57.6. The lowest BCUT2D eigenvalue weighted by atomic mass is 9.83. The first-order valence-corrected chi connectivity index (χ1v) is 13.3. The molecule has 1 unspecified atom stereocenters. The van der Waals surface area contributed by atoms with Gasteiger partial charge >= 0.3 is 13.2 Å². The number of hydrogen-bond acceptors (Lipinski definition) is 7. The summed E-state index contributed by atoms with van der Waals surface area (Å²) in [6.45, 7) is -5.71. The molecule has 0 spiro atoms. The monoisotopic (exact) mass is 705 g/mol. The summed E-state index contributed by atoms with van der Waals surface area (Å²) in [6, 6.07) is 18.9. The molecule has 0 radical (unpaired) electrons. The van der Waals surface area contributed by atoms with Crippen molar-refractivity contribution in [2.24, 2.45) is 10.7 Å². The number of nitrogens with zero attached hydrogens (tertiary/aromatic N) is 4. The van der Waals surface area contributed by atoms with Gasteiger partial charge in [0.05, 0.1) is 0 Å². The molecule has 5 rings (SSSR count). The topological polar surface area (TPSA) is 103 Å². The molecule has 13 heteroatoms. The first-order valence-electron chi connectivity index (χ1n) is 12.2. The Morgan fingerprint density at radius 2 is 1.42 bits per heavy atom. The normalized spacial score (nSPS) is 15.5. The molecule has 43 heavy (non-hydrogen) atoms. The van der Waals surface area contributed by atoms with E-state index in [1.807, 2.05) is 12.1 Å². The maximum absolute atomic E-state index is 12.9. The molecule has 8 nitrogen and oxygen atoms in total. The minimum Gasteiger partial charge on any atom is -0.435 e. The number of benzene rings is 2. The van der Waals surface area contributed by atoms with Crippen molar-refractivity contribution in [3.63, 3.8) is 0 Å². The Morgan fingerprint density at radius 3 is 1.81 bits per heavy atom. The fourth-order valence-electron chi connectivity index (χ4n) is 3.70. The Balaban J connectivity index is 0.000000219. The number of rotatable bonds is 6. The summed E-state index contributed by atoms with van der Waals surface area (Å²) in [5, 5.41) is 0. The number of aliphatic imine (C=N–C) groups is 1. The second-order valence-corrected chi connectivity index (χ2v) is 9.65. The lowest BCUT2D eigenvalue weighted by Crippen LogP contribution is -2.41. The van der Waals surface area contributed by atoms with Crippen LogP contribution in [0.3, 0.4) is 0 Å². The Labute approximate surface area is 258 Å². The molecule has 2 aromatic carbocycles. The van der Waals surface area contributed by atoms with Crippen LogP contribution in [-0.2, 0) is 10.3 Å². The number of likely N-dealkylation sites (N-methyl/N-ethyl adjacent to an activating group) is 1. The van der Waals surface area contributed by atoms with Gasteiger partial charge in [-0.25, -0.2) is 4.99 Å². The molecular weight excluding hydrogens is 681 g/mol. The number of nitrogens with two attached hydrogens (primary N) is 1. The number of halogens is 5. The van der Waals surface area contributed by atoms with Crippen molar-refractivity contribution >= 4 is 34.5 Å². The van der Waals surface area contributed by atoms with Gasteiger partial charge in [0.1, 0.15) is 11.5 Å². The molecule has 0 bridgehead atoms. The number of amides is 1. The maximum atomic E-state index is 12.9. The molecule has 1 amide bonds. The fourth-order valence-corrected chi connectivity index (χ4v) is 4.03. The van der Waals surface area contributed by atoms with Gasteiger partial charge in [0.2, 0.25) is 0 Å². The number of ether oxygens (including phenoxy) is 2. The zero-order chi connectivity index (χ0) is 31.4. The predicted molar refractivity (Wildman–Crippen MR) is 160 cm³/mol. The summed E-state index contributed by atoms with van der Waals surface area (Å²) in [6.07, 6.45) is 11.7. The average Bonchev–Trinajstić information content (AvgIpc) is 3.23. The van der Waals surface area contributed by atoms with Crippen molar-refractivity contribution in [2.75, 3.05) is 7.05 Å². The van der Waals surface area contributed by atoms with E-state index in [1.54, 1.807) is 30.7 Å². The highest BCUT2D eigenvalue weighted by molar-refractivity contribution is 14.1. The number of carbonyl (C=O) groups excluding carboxylic acids is 1. The highest BCUT2D eigenvalue weighted by Crippen LogP contribution is 2.39. The molecule has 1 aliphatic rings. The van der Waals surface area contributed by atoms with E-state index in [2.05, 4.69) is 52.9 Å². The zero-order valence-corrected chi connectivity index (χ0v) is 24.6. The van der Waals surface area contributed by atoms with Crippen molar-refractivity contribution in [1.29, 1.82) is 0 Å². The van der Waals surface area contributed by atoms with Crippen LogP contribution < -0.4 is 15.2 Å². The van der Waals surface area contributed by atoms with E-state index in [9.17, 15) is 22.4 Å². The Bertz CT molecular complexity index is 1540. The molecule has 0 fully saturated rings.